The maximum Gasteiger partial charge on any atom is 0.249 e. The van der Waals surface area contributed by atoms with Gasteiger partial charge in [0, 0.05) is 56.4 Å². The van der Waals surface area contributed by atoms with E-state index >= 15 is 0 Å². The molecule has 1 aliphatic rings. The molecule has 0 atom stereocenters. The molecule has 1 aliphatic heterocycles. The Hall–Kier alpha value is -7.24. The van der Waals surface area contributed by atoms with Crippen molar-refractivity contribution in [2.24, 2.45) is 0 Å². The third-order valence-corrected chi connectivity index (χ3v) is 13.3. The van der Waals surface area contributed by atoms with E-state index in [-0.39, 0.29) is 17.5 Å². The van der Waals surface area contributed by atoms with E-state index in [1.54, 1.807) is 0 Å². The molecule has 66 heavy (non-hydrogen) atoms. The SMILES string of the molecule is Cc1cc(Nc2c(C)cccc2C)c2c(c1)N(c1ccc(C(C)(C)C)cc1)c1ccc(C(C)(C)C)cc1B2c1ccc(N(c2ccccc2)c2ccc(-c3cc4ccccc4o3)cc2)cc1. The van der Waals surface area contributed by atoms with E-state index < -0.39 is 0 Å². The molecule has 0 saturated heterocycles. The number of nitrogens with one attached hydrogen (secondary N) is 1. The van der Waals surface area contributed by atoms with Gasteiger partial charge < -0.3 is 19.5 Å². The van der Waals surface area contributed by atoms with Crippen LogP contribution in [0.2, 0.25) is 0 Å². The summed E-state index contributed by atoms with van der Waals surface area (Å²) in [6.07, 6.45) is 0. The van der Waals surface area contributed by atoms with Crippen LogP contribution in [0.1, 0.15) is 69.4 Å². The van der Waals surface area contributed by atoms with Crippen molar-refractivity contribution in [2.45, 2.75) is 73.1 Å². The summed E-state index contributed by atoms with van der Waals surface area (Å²) in [5, 5.41) is 5.14. The Kier molecular flexibility index (Phi) is 10.8. The average molecular weight is 860 g/mol. The number of hydrogen-bond donors (Lipinski definition) is 1. The Morgan fingerprint density at radius 1 is 0.530 bits per heavy atom. The van der Waals surface area contributed by atoms with E-state index in [1.165, 1.54) is 55.6 Å². The van der Waals surface area contributed by atoms with Crippen molar-refractivity contribution in [3.05, 3.63) is 210 Å². The van der Waals surface area contributed by atoms with Crippen molar-refractivity contribution in [3.63, 3.8) is 0 Å². The van der Waals surface area contributed by atoms with Gasteiger partial charge in [-0.05, 0) is 161 Å². The maximum absolute atomic E-state index is 6.26. The fraction of sp³-hybridized carbons (Fsp3) is 0.180. The van der Waals surface area contributed by atoms with Gasteiger partial charge in [0.1, 0.15) is 11.3 Å². The molecular formula is C61H58BN3O. The Morgan fingerprint density at radius 3 is 1.79 bits per heavy atom. The Morgan fingerprint density at radius 2 is 1.14 bits per heavy atom. The average Bonchev–Trinajstić information content (AvgIpc) is 3.74. The monoisotopic (exact) mass is 859 g/mol. The van der Waals surface area contributed by atoms with Gasteiger partial charge in [-0.25, -0.2) is 0 Å². The highest BCUT2D eigenvalue weighted by molar-refractivity contribution is 6.99. The van der Waals surface area contributed by atoms with Crippen LogP contribution in [-0.2, 0) is 10.8 Å². The van der Waals surface area contributed by atoms with Gasteiger partial charge in [0.2, 0.25) is 6.71 Å². The van der Waals surface area contributed by atoms with Crippen molar-refractivity contribution in [3.8, 4) is 11.3 Å². The highest BCUT2D eigenvalue weighted by atomic mass is 16.3. The summed E-state index contributed by atoms with van der Waals surface area (Å²) >= 11 is 0. The molecule has 0 fully saturated rings. The molecule has 9 aromatic rings. The molecule has 0 unspecified atom stereocenters. The van der Waals surface area contributed by atoms with Crippen LogP contribution >= 0.6 is 0 Å². The summed E-state index contributed by atoms with van der Waals surface area (Å²) in [7, 11) is 0. The van der Waals surface area contributed by atoms with Crippen molar-refractivity contribution >= 4 is 79.6 Å². The summed E-state index contributed by atoms with van der Waals surface area (Å²) in [6.45, 7) is 20.4. The fourth-order valence-electron chi connectivity index (χ4n) is 9.73. The summed E-state index contributed by atoms with van der Waals surface area (Å²) in [5.74, 6) is 0.864. The second kappa shape index (κ2) is 16.6. The number of hydrogen-bond acceptors (Lipinski definition) is 4. The number of para-hydroxylation sites is 3. The Bertz CT molecular complexity index is 3160. The lowest BCUT2D eigenvalue weighted by Gasteiger charge is -2.39. The molecule has 1 N–H and O–H groups in total. The van der Waals surface area contributed by atoms with Crippen molar-refractivity contribution in [1.29, 1.82) is 0 Å². The predicted molar refractivity (Wildman–Crippen MR) is 283 cm³/mol. The molecule has 0 saturated carbocycles. The minimum atomic E-state index is -0.0721. The maximum atomic E-state index is 6.26. The van der Waals surface area contributed by atoms with Crippen LogP contribution in [-0.4, -0.2) is 6.71 Å². The number of anilines is 8. The zero-order valence-corrected chi connectivity index (χ0v) is 39.7. The minimum Gasteiger partial charge on any atom is -0.456 e. The lowest BCUT2D eigenvalue weighted by molar-refractivity contribution is 0.590. The van der Waals surface area contributed by atoms with Gasteiger partial charge in [-0.2, -0.15) is 0 Å². The first-order chi connectivity index (χ1) is 31.7. The van der Waals surface area contributed by atoms with Crippen LogP contribution in [0, 0.1) is 20.8 Å². The summed E-state index contributed by atoms with van der Waals surface area (Å²) in [6, 6.07) is 66.7. The predicted octanol–water partition coefficient (Wildman–Crippen LogP) is 15.1. The fourth-order valence-corrected chi connectivity index (χ4v) is 9.73. The summed E-state index contributed by atoms with van der Waals surface area (Å²) < 4.78 is 6.26. The van der Waals surface area contributed by atoms with E-state index in [2.05, 4.69) is 241 Å². The van der Waals surface area contributed by atoms with Crippen LogP contribution in [0.25, 0.3) is 22.3 Å². The largest absolute Gasteiger partial charge is 0.456 e. The van der Waals surface area contributed by atoms with Crippen molar-refractivity contribution in [1.82, 2.24) is 0 Å². The first-order valence-electron chi connectivity index (χ1n) is 23.3. The lowest BCUT2D eigenvalue weighted by Crippen LogP contribution is -2.58. The molecular weight excluding hydrogens is 802 g/mol. The van der Waals surface area contributed by atoms with E-state index in [0.29, 0.717) is 0 Å². The zero-order chi connectivity index (χ0) is 45.9. The summed E-state index contributed by atoms with van der Waals surface area (Å²) in [4.78, 5) is 4.84. The van der Waals surface area contributed by atoms with Gasteiger partial charge in [-0.15, -0.1) is 0 Å². The number of rotatable bonds is 8. The molecule has 2 heterocycles. The molecule has 1 aromatic heterocycles. The van der Waals surface area contributed by atoms with E-state index in [4.69, 9.17) is 4.42 Å². The Balaban J connectivity index is 1.14. The first kappa shape index (κ1) is 42.7. The highest BCUT2D eigenvalue weighted by Gasteiger charge is 2.39. The second-order valence-corrected chi connectivity index (χ2v) is 20.2. The Labute approximate surface area is 391 Å². The van der Waals surface area contributed by atoms with Gasteiger partial charge in [0.05, 0.1) is 0 Å². The van der Waals surface area contributed by atoms with Crippen LogP contribution in [0.5, 0.6) is 0 Å². The van der Waals surface area contributed by atoms with Crippen LogP contribution < -0.4 is 31.5 Å². The van der Waals surface area contributed by atoms with Gasteiger partial charge in [-0.3, -0.25) is 0 Å². The molecule has 5 heteroatoms. The molecule has 0 amide bonds. The van der Waals surface area contributed by atoms with Crippen LogP contribution in [0.4, 0.5) is 45.5 Å². The smallest absolute Gasteiger partial charge is 0.249 e. The minimum absolute atomic E-state index is 0.0449. The third-order valence-electron chi connectivity index (χ3n) is 13.3. The number of furan rings is 1. The van der Waals surface area contributed by atoms with E-state index in [9.17, 15) is 0 Å². The number of nitrogens with zero attached hydrogens (tertiary/aromatic N) is 2. The van der Waals surface area contributed by atoms with Gasteiger partial charge >= 0.3 is 0 Å². The molecule has 0 radical (unpaired) electrons. The zero-order valence-electron chi connectivity index (χ0n) is 39.7. The van der Waals surface area contributed by atoms with E-state index in [1.807, 2.05) is 18.2 Å². The van der Waals surface area contributed by atoms with Crippen molar-refractivity contribution in [2.75, 3.05) is 15.1 Å². The van der Waals surface area contributed by atoms with Gasteiger partial charge in [0.15, 0.2) is 0 Å². The molecule has 326 valence electrons. The molecule has 10 rings (SSSR count). The van der Waals surface area contributed by atoms with E-state index in [0.717, 1.165) is 56.4 Å². The number of benzene rings is 8. The molecule has 0 bridgehead atoms. The quantitative estimate of drug-likeness (QED) is 0.154. The van der Waals surface area contributed by atoms with Crippen LogP contribution in [0.15, 0.2) is 186 Å². The lowest BCUT2D eigenvalue weighted by atomic mass is 9.34. The summed E-state index contributed by atoms with van der Waals surface area (Å²) in [5.41, 5.74) is 21.0. The van der Waals surface area contributed by atoms with Crippen LogP contribution in [0.3, 0.4) is 0 Å². The number of aryl methyl sites for hydroxylation is 3. The highest BCUT2D eigenvalue weighted by Crippen LogP contribution is 2.42. The van der Waals surface area contributed by atoms with Gasteiger partial charge in [-0.1, -0.05) is 138 Å². The molecule has 0 spiro atoms. The standard InChI is InChI=1S/C61H58BN3O/c1-40-36-53(63-59-41(2)16-15-17-42(59)3)58-55(37-40)65(51-31-24-45(25-32-51)60(4,5)6)54-35-26-46(61(7,8)9)39-52(54)62(58)47-27-33-50(34-28-47)64(48-19-11-10-12-20-48)49-29-22-43(23-30-49)57-38-44-18-13-14-21-56(44)66-57/h10-39,63H,1-9H3. The first-order valence-corrected chi connectivity index (χ1v) is 23.3. The molecule has 0 aliphatic carbocycles. The number of fused-ring (bicyclic) bond motifs is 3. The third kappa shape index (κ3) is 7.98. The van der Waals surface area contributed by atoms with Gasteiger partial charge in [0.25, 0.3) is 0 Å². The van der Waals surface area contributed by atoms with Crippen molar-refractivity contribution < 1.29 is 4.42 Å². The molecule has 8 aromatic carbocycles. The topological polar surface area (TPSA) is 31.6 Å². The second-order valence-electron chi connectivity index (χ2n) is 20.2. The normalized spacial score (nSPS) is 12.6. The molecule has 4 nitrogen and oxygen atoms in total.